The van der Waals surface area contributed by atoms with Gasteiger partial charge in [0.1, 0.15) is 11.0 Å². The number of nitrogens with zero attached hydrogens (tertiary/aromatic N) is 4. The molecule has 0 bridgehead atoms. The van der Waals surface area contributed by atoms with Gasteiger partial charge in [-0.2, -0.15) is 0 Å². The molecule has 1 aliphatic heterocycles. The van der Waals surface area contributed by atoms with Gasteiger partial charge in [0.05, 0.1) is 10.4 Å². The lowest BCUT2D eigenvalue weighted by Gasteiger charge is -2.35. The summed E-state index contributed by atoms with van der Waals surface area (Å²) < 4.78 is 1.03. The zero-order valence-electron chi connectivity index (χ0n) is 15.9. The molecule has 0 N–H and O–H groups in total. The van der Waals surface area contributed by atoms with Crippen molar-refractivity contribution in [2.24, 2.45) is 0 Å². The third-order valence-corrected chi connectivity index (χ3v) is 6.77. The summed E-state index contributed by atoms with van der Waals surface area (Å²) in [6.07, 6.45) is 1.80. The Labute approximate surface area is 177 Å². The maximum absolute atomic E-state index is 13.2. The van der Waals surface area contributed by atoms with E-state index in [0.717, 1.165) is 45.5 Å². The first-order valence-electron chi connectivity index (χ1n) is 9.55. The van der Waals surface area contributed by atoms with Gasteiger partial charge in [0, 0.05) is 47.8 Å². The lowest BCUT2D eigenvalue weighted by atomic mass is 10.1. The van der Waals surface area contributed by atoms with Crippen molar-refractivity contribution in [1.82, 2.24) is 14.9 Å². The molecule has 1 saturated heterocycles. The number of amides is 1. The molecule has 29 heavy (non-hydrogen) atoms. The average Bonchev–Trinajstić information content (AvgIpc) is 3.21. The molecule has 1 aromatic carbocycles. The van der Waals surface area contributed by atoms with Crippen LogP contribution in [0.25, 0.3) is 21.0 Å². The summed E-state index contributed by atoms with van der Waals surface area (Å²) in [7, 11) is 0. The summed E-state index contributed by atoms with van der Waals surface area (Å²) in [6.45, 7) is 4.96. The van der Waals surface area contributed by atoms with Gasteiger partial charge < -0.3 is 9.80 Å². The molecule has 1 amide bonds. The third kappa shape index (κ3) is 3.32. The molecule has 3 aromatic heterocycles. The standard InChI is InChI=1S/C22H19ClN4OS/c1-14-5-6-17-15(12-14)20-16(21(23)25-17)13-18(29-20)22(28)27-10-8-26(9-11-27)19-4-2-3-7-24-19/h2-7,12-13H,8-11H2,1H3. The molecule has 4 heterocycles. The van der Waals surface area contributed by atoms with Gasteiger partial charge in [0.15, 0.2) is 0 Å². The minimum atomic E-state index is 0.0590. The summed E-state index contributed by atoms with van der Waals surface area (Å²) >= 11 is 7.93. The lowest BCUT2D eigenvalue weighted by Crippen LogP contribution is -2.48. The molecule has 0 atom stereocenters. The first-order valence-corrected chi connectivity index (χ1v) is 10.7. The van der Waals surface area contributed by atoms with Crippen molar-refractivity contribution in [3.05, 3.63) is 64.3 Å². The normalized spacial score (nSPS) is 14.7. The van der Waals surface area contributed by atoms with Crippen molar-refractivity contribution >= 4 is 55.7 Å². The monoisotopic (exact) mass is 422 g/mol. The van der Waals surface area contributed by atoms with E-state index < -0.39 is 0 Å². The van der Waals surface area contributed by atoms with Gasteiger partial charge in [-0.25, -0.2) is 9.97 Å². The zero-order valence-corrected chi connectivity index (χ0v) is 17.5. The smallest absolute Gasteiger partial charge is 0.264 e. The van der Waals surface area contributed by atoms with Crippen molar-refractivity contribution in [3.63, 3.8) is 0 Å². The van der Waals surface area contributed by atoms with Crippen molar-refractivity contribution in [1.29, 1.82) is 0 Å². The first-order chi connectivity index (χ1) is 14.1. The van der Waals surface area contributed by atoms with Gasteiger partial charge in [-0.3, -0.25) is 4.79 Å². The number of hydrogen-bond acceptors (Lipinski definition) is 5. The molecule has 1 aliphatic rings. The van der Waals surface area contributed by atoms with Crippen molar-refractivity contribution in [3.8, 4) is 0 Å². The largest absolute Gasteiger partial charge is 0.353 e. The molecule has 0 aliphatic carbocycles. The molecular formula is C22H19ClN4OS. The van der Waals surface area contributed by atoms with Crippen LogP contribution >= 0.6 is 22.9 Å². The Bertz CT molecular complexity index is 1220. The molecule has 4 aromatic rings. The molecule has 0 unspecified atom stereocenters. The topological polar surface area (TPSA) is 49.3 Å². The highest BCUT2D eigenvalue weighted by atomic mass is 35.5. The predicted molar refractivity (Wildman–Crippen MR) is 119 cm³/mol. The summed E-state index contributed by atoms with van der Waals surface area (Å²) in [6, 6.07) is 13.9. The SMILES string of the molecule is Cc1ccc2nc(Cl)c3cc(C(=O)N4CCN(c5ccccn5)CC4)sc3c2c1. The molecular weight excluding hydrogens is 404 g/mol. The Balaban J connectivity index is 1.42. The third-order valence-electron chi connectivity index (χ3n) is 5.32. The van der Waals surface area contributed by atoms with Crippen molar-refractivity contribution in [2.45, 2.75) is 6.92 Å². The highest BCUT2D eigenvalue weighted by molar-refractivity contribution is 7.21. The second-order valence-corrected chi connectivity index (χ2v) is 8.65. The summed E-state index contributed by atoms with van der Waals surface area (Å²) in [5.41, 5.74) is 2.02. The van der Waals surface area contributed by atoms with Crippen LogP contribution < -0.4 is 4.90 Å². The van der Waals surface area contributed by atoms with Crippen molar-refractivity contribution in [2.75, 3.05) is 31.1 Å². The van der Waals surface area contributed by atoms with E-state index >= 15 is 0 Å². The Morgan fingerprint density at radius 3 is 2.66 bits per heavy atom. The van der Waals surface area contributed by atoms with Crippen LogP contribution in [0.4, 0.5) is 5.82 Å². The minimum absolute atomic E-state index is 0.0590. The number of benzene rings is 1. The van der Waals surface area contributed by atoms with E-state index in [2.05, 4.69) is 27.9 Å². The van der Waals surface area contributed by atoms with Crippen LogP contribution in [0.5, 0.6) is 0 Å². The summed E-state index contributed by atoms with van der Waals surface area (Å²) in [5, 5.41) is 2.35. The van der Waals surface area contributed by atoms with Gasteiger partial charge in [-0.1, -0.05) is 29.3 Å². The fourth-order valence-electron chi connectivity index (χ4n) is 3.78. The number of piperazine rings is 1. The predicted octanol–water partition coefficient (Wildman–Crippen LogP) is 4.77. The molecule has 1 fully saturated rings. The Morgan fingerprint density at radius 1 is 1.07 bits per heavy atom. The fourth-order valence-corrected chi connectivity index (χ4v) is 5.23. The number of anilines is 1. The second kappa shape index (κ2) is 7.28. The molecule has 0 spiro atoms. The number of thiophene rings is 1. The van der Waals surface area contributed by atoms with E-state index in [-0.39, 0.29) is 5.91 Å². The van der Waals surface area contributed by atoms with Crippen molar-refractivity contribution < 1.29 is 4.79 Å². The first kappa shape index (κ1) is 18.3. The van der Waals surface area contributed by atoms with Crippen LogP contribution in [0.15, 0.2) is 48.7 Å². The zero-order chi connectivity index (χ0) is 20.0. The Hall–Kier alpha value is -2.70. The number of carbonyl (C=O) groups is 1. The minimum Gasteiger partial charge on any atom is -0.353 e. The maximum Gasteiger partial charge on any atom is 0.264 e. The van der Waals surface area contributed by atoms with Crippen LogP contribution in [0.1, 0.15) is 15.2 Å². The van der Waals surface area contributed by atoms with E-state index in [0.29, 0.717) is 23.1 Å². The number of fused-ring (bicyclic) bond motifs is 3. The van der Waals surface area contributed by atoms with Crippen LogP contribution in [-0.4, -0.2) is 47.0 Å². The van der Waals surface area contributed by atoms with E-state index in [1.54, 1.807) is 6.20 Å². The Kier molecular flexibility index (Phi) is 4.60. The van der Waals surface area contributed by atoms with E-state index in [1.807, 2.05) is 41.3 Å². The highest BCUT2D eigenvalue weighted by Crippen LogP contribution is 2.36. The molecule has 0 radical (unpaired) electrons. The number of hydrogen-bond donors (Lipinski definition) is 0. The summed E-state index contributed by atoms with van der Waals surface area (Å²) in [4.78, 5) is 26.9. The second-order valence-electron chi connectivity index (χ2n) is 7.24. The number of carbonyl (C=O) groups excluding carboxylic acids is 1. The number of halogens is 1. The van der Waals surface area contributed by atoms with Gasteiger partial charge in [-0.15, -0.1) is 11.3 Å². The molecule has 146 valence electrons. The quantitative estimate of drug-likeness (QED) is 0.436. The van der Waals surface area contributed by atoms with Gasteiger partial charge in [0.2, 0.25) is 0 Å². The number of aromatic nitrogens is 2. The number of rotatable bonds is 2. The van der Waals surface area contributed by atoms with Gasteiger partial charge >= 0.3 is 0 Å². The lowest BCUT2D eigenvalue weighted by molar-refractivity contribution is 0.0751. The number of aryl methyl sites for hydroxylation is 1. The maximum atomic E-state index is 13.2. The van der Waals surface area contributed by atoms with Gasteiger partial charge in [0.25, 0.3) is 5.91 Å². The molecule has 0 saturated carbocycles. The van der Waals surface area contributed by atoms with Gasteiger partial charge in [-0.05, 0) is 37.3 Å². The van der Waals surface area contributed by atoms with E-state index in [9.17, 15) is 4.79 Å². The van der Waals surface area contributed by atoms with Crippen LogP contribution in [0, 0.1) is 6.92 Å². The number of pyridine rings is 2. The molecule has 5 nitrogen and oxygen atoms in total. The Morgan fingerprint density at radius 2 is 1.90 bits per heavy atom. The van der Waals surface area contributed by atoms with Crippen LogP contribution in [-0.2, 0) is 0 Å². The fraction of sp³-hybridized carbons (Fsp3) is 0.227. The molecule has 5 rings (SSSR count). The van der Waals surface area contributed by atoms with Crippen LogP contribution in [0.3, 0.4) is 0 Å². The highest BCUT2D eigenvalue weighted by Gasteiger charge is 2.25. The molecule has 7 heteroatoms. The van der Waals surface area contributed by atoms with E-state index in [1.165, 1.54) is 11.3 Å². The van der Waals surface area contributed by atoms with E-state index in [4.69, 9.17) is 11.6 Å². The summed E-state index contributed by atoms with van der Waals surface area (Å²) in [5.74, 6) is 1.02. The van der Waals surface area contributed by atoms with Crippen LogP contribution in [0.2, 0.25) is 5.15 Å². The average molecular weight is 423 g/mol.